The van der Waals surface area contributed by atoms with Crippen molar-refractivity contribution in [2.45, 2.75) is 11.4 Å². The second kappa shape index (κ2) is 7.74. The van der Waals surface area contributed by atoms with E-state index in [0.717, 1.165) is 11.9 Å². The normalized spacial score (nSPS) is 11.9. The highest BCUT2D eigenvalue weighted by molar-refractivity contribution is 7.89. The summed E-state index contributed by atoms with van der Waals surface area (Å²) in [4.78, 5) is 6.52. The number of likely N-dealkylation sites (N-methyl/N-ethyl adjacent to an activating group) is 1. The Morgan fingerprint density at radius 3 is 2.56 bits per heavy atom. The molecule has 1 aromatic heterocycles. The van der Waals surface area contributed by atoms with Crippen molar-refractivity contribution < 1.29 is 8.42 Å². The number of nitrogens with one attached hydrogen (secondary N) is 1. The van der Waals surface area contributed by atoms with Crippen molar-refractivity contribution in [1.29, 1.82) is 0 Å². The van der Waals surface area contributed by atoms with Crippen molar-refractivity contribution in [3.8, 4) is 0 Å². The minimum atomic E-state index is -3.59. The van der Waals surface area contributed by atoms with Gasteiger partial charge in [0.2, 0.25) is 10.0 Å². The van der Waals surface area contributed by atoms with Gasteiger partial charge in [-0.2, -0.15) is 0 Å². The van der Waals surface area contributed by atoms with Crippen LogP contribution in [0.2, 0.25) is 0 Å². The molecule has 0 unspecified atom stereocenters. The van der Waals surface area contributed by atoms with Crippen LogP contribution in [0.3, 0.4) is 0 Å². The maximum atomic E-state index is 12.6. The van der Waals surface area contributed by atoms with Crippen LogP contribution < -0.4 is 4.72 Å². The van der Waals surface area contributed by atoms with Gasteiger partial charge in [-0.3, -0.25) is 4.98 Å². The lowest BCUT2D eigenvalue weighted by Crippen LogP contribution is -2.33. The Balaban J connectivity index is 1.64. The zero-order chi connectivity index (χ0) is 17.7. The summed E-state index contributed by atoms with van der Waals surface area (Å²) in [5.41, 5.74) is 1.70. The molecule has 0 radical (unpaired) electrons. The molecule has 0 aliphatic carbocycles. The van der Waals surface area contributed by atoms with Gasteiger partial charge in [-0.05, 0) is 24.7 Å². The Kier molecular flexibility index (Phi) is 5.43. The van der Waals surface area contributed by atoms with Gasteiger partial charge in [0.05, 0.1) is 5.52 Å². The molecule has 3 rings (SSSR count). The van der Waals surface area contributed by atoms with Gasteiger partial charge >= 0.3 is 0 Å². The summed E-state index contributed by atoms with van der Waals surface area (Å²) in [5, 5.41) is 0.812. The summed E-state index contributed by atoms with van der Waals surface area (Å²) in [6.45, 7) is 1.74. The highest BCUT2D eigenvalue weighted by atomic mass is 32.2. The van der Waals surface area contributed by atoms with Crippen LogP contribution >= 0.6 is 0 Å². The number of fused-ring (bicyclic) bond motifs is 1. The SMILES string of the molecule is CN(CCNS(=O)(=O)c1cccc2cccnc12)Cc1ccccc1. The Morgan fingerprint density at radius 2 is 1.76 bits per heavy atom. The van der Waals surface area contributed by atoms with E-state index in [-0.39, 0.29) is 4.90 Å². The molecule has 0 spiro atoms. The maximum absolute atomic E-state index is 12.6. The van der Waals surface area contributed by atoms with E-state index < -0.39 is 10.0 Å². The van der Waals surface area contributed by atoms with Crippen LogP contribution in [0.1, 0.15) is 5.56 Å². The summed E-state index contributed by atoms with van der Waals surface area (Å²) in [6, 6.07) is 18.9. The first-order chi connectivity index (χ1) is 12.1. The van der Waals surface area contributed by atoms with Crippen molar-refractivity contribution in [3.05, 3.63) is 72.4 Å². The molecule has 130 valence electrons. The summed E-state index contributed by atoms with van der Waals surface area (Å²) >= 11 is 0. The number of nitrogens with zero attached hydrogens (tertiary/aromatic N) is 2. The third-order valence-corrected chi connectivity index (χ3v) is 5.46. The monoisotopic (exact) mass is 355 g/mol. The highest BCUT2D eigenvalue weighted by Gasteiger charge is 2.17. The molecule has 2 aromatic carbocycles. The average molecular weight is 355 g/mol. The number of rotatable bonds is 7. The molecule has 3 aromatic rings. The number of hydrogen-bond acceptors (Lipinski definition) is 4. The van der Waals surface area contributed by atoms with E-state index in [0.29, 0.717) is 18.6 Å². The van der Waals surface area contributed by atoms with E-state index in [9.17, 15) is 8.42 Å². The van der Waals surface area contributed by atoms with Crippen molar-refractivity contribution in [1.82, 2.24) is 14.6 Å². The largest absolute Gasteiger partial charge is 0.301 e. The van der Waals surface area contributed by atoms with Crippen molar-refractivity contribution in [2.24, 2.45) is 0 Å². The van der Waals surface area contributed by atoms with E-state index in [1.54, 1.807) is 24.4 Å². The lowest BCUT2D eigenvalue weighted by Gasteiger charge is -2.17. The Hall–Kier alpha value is -2.28. The molecule has 25 heavy (non-hydrogen) atoms. The Morgan fingerprint density at radius 1 is 1.00 bits per heavy atom. The van der Waals surface area contributed by atoms with Crippen LogP contribution in [0.15, 0.2) is 71.8 Å². The standard InChI is InChI=1S/C19H21N3O2S/c1-22(15-16-7-3-2-4-8-16)14-13-21-25(23,24)18-11-5-9-17-10-6-12-20-19(17)18/h2-12,21H,13-15H2,1H3. The van der Waals surface area contributed by atoms with E-state index in [1.165, 1.54) is 5.56 Å². The molecule has 0 saturated carbocycles. The van der Waals surface area contributed by atoms with Crippen LogP contribution in [-0.2, 0) is 16.6 Å². The van der Waals surface area contributed by atoms with E-state index in [1.807, 2.05) is 37.4 Å². The fourth-order valence-electron chi connectivity index (χ4n) is 2.72. The van der Waals surface area contributed by atoms with Gasteiger partial charge in [-0.1, -0.05) is 48.5 Å². The molecule has 0 amide bonds. The van der Waals surface area contributed by atoms with Crippen molar-refractivity contribution in [2.75, 3.05) is 20.1 Å². The quantitative estimate of drug-likeness (QED) is 0.708. The molecule has 0 aliphatic heterocycles. The number of sulfonamides is 1. The van der Waals surface area contributed by atoms with Crippen molar-refractivity contribution in [3.63, 3.8) is 0 Å². The molecular formula is C19H21N3O2S. The topological polar surface area (TPSA) is 62.3 Å². The summed E-state index contributed by atoms with van der Waals surface area (Å²) in [6.07, 6.45) is 1.61. The van der Waals surface area contributed by atoms with Gasteiger partial charge in [-0.25, -0.2) is 13.1 Å². The van der Waals surface area contributed by atoms with Gasteiger partial charge in [-0.15, -0.1) is 0 Å². The van der Waals surface area contributed by atoms with Gasteiger partial charge in [0, 0.05) is 31.2 Å². The molecule has 1 N–H and O–H groups in total. The molecule has 0 aliphatic rings. The minimum absolute atomic E-state index is 0.219. The van der Waals surface area contributed by atoms with Crippen molar-refractivity contribution >= 4 is 20.9 Å². The van der Waals surface area contributed by atoms with Gasteiger partial charge < -0.3 is 4.90 Å². The number of hydrogen-bond donors (Lipinski definition) is 1. The van der Waals surface area contributed by atoms with Crippen LogP contribution in [0.5, 0.6) is 0 Å². The third-order valence-electron chi connectivity index (χ3n) is 3.97. The first-order valence-corrected chi connectivity index (χ1v) is 9.60. The fourth-order valence-corrected chi connectivity index (χ4v) is 3.91. The van der Waals surface area contributed by atoms with E-state index in [4.69, 9.17) is 0 Å². The molecule has 5 nitrogen and oxygen atoms in total. The van der Waals surface area contributed by atoms with Gasteiger partial charge in [0.15, 0.2) is 0 Å². The van der Waals surface area contributed by atoms with Crippen LogP contribution in [0.4, 0.5) is 0 Å². The van der Waals surface area contributed by atoms with Gasteiger partial charge in [0.25, 0.3) is 0 Å². The summed E-state index contributed by atoms with van der Waals surface area (Å²) in [5.74, 6) is 0. The zero-order valence-electron chi connectivity index (χ0n) is 14.1. The average Bonchev–Trinajstić information content (AvgIpc) is 2.62. The number of aromatic nitrogens is 1. The minimum Gasteiger partial charge on any atom is -0.301 e. The molecule has 0 fully saturated rings. The molecule has 0 atom stereocenters. The smallest absolute Gasteiger partial charge is 0.242 e. The Labute approximate surface area is 148 Å². The predicted molar refractivity (Wildman–Crippen MR) is 99.7 cm³/mol. The van der Waals surface area contributed by atoms with Gasteiger partial charge in [0.1, 0.15) is 4.90 Å². The molecule has 0 saturated heterocycles. The Bertz CT molecular complexity index is 938. The lowest BCUT2D eigenvalue weighted by atomic mass is 10.2. The van der Waals surface area contributed by atoms with Crippen LogP contribution in [-0.4, -0.2) is 38.4 Å². The second-order valence-electron chi connectivity index (χ2n) is 5.95. The molecule has 0 bridgehead atoms. The van der Waals surface area contributed by atoms with Crippen LogP contribution in [0.25, 0.3) is 10.9 Å². The first kappa shape index (κ1) is 17.5. The first-order valence-electron chi connectivity index (χ1n) is 8.12. The van der Waals surface area contributed by atoms with Crippen LogP contribution in [0, 0.1) is 0 Å². The molecule has 6 heteroatoms. The number of para-hydroxylation sites is 1. The highest BCUT2D eigenvalue weighted by Crippen LogP contribution is 2.20. The second-order valence-corrected chi connectivity index (χ2v) is 7.69. The molecular weight excluding hydrogens is 334 g/mol. The lowest BCUT2D eigenvalue weighted by molar-refractivity contribution is 0.332. The molecule has 1 heterocycles. The summed E-state index contributed by atoms with van der Waals surface area (Å²) in [7, 11) is -1.62. The van der Waals surface area contributed by atoms with E-state index in [2.05, 4.69) is 26.7 Å². The third kappa shape index (κ3) is 4.42. The zero-order valence-corrected chi connectivity index (χ0v) is 14.9. The predicted octanol–water partition coefficient (Wildman–Crippen LogP) is 2.65. The van der Waals surface area contributed by atoms with E-state index >= 15 is 0 Å². The summed E-state index contributed by atoms with van der Waals surface area (Å²) < 4.78 is 27.9. The number of pyridine rings is 1. The number of benzene rings is 2. The fraction of sp³-hybridized carbons (Fsp3) is 0.211. The maximum Gasteiger partial charge on any atom is 0.242 e.